The first-order chi connectivity index (χ1) is 14.8. The van der Waals surface area contributed by atoms with Gasteiger partial charge in [0.05, 0.1) is 17.4 Å². The number of nitriles is 1. The molecule has 2 rings (SSSR count). The van der Waals surface area contributed by atoms with Crippen LogP contribution in [0, 0.1) is 21.4 Å². The molecule has 0 atom stereocenters. The van der Waals surface area contributed by atoms with Gasteiger partial charge in [0, 0.05) is 24.7 Å². The molecule has 11 heteroatoms. The van der Waals surface area contributed by atoms with Crippen molar-refractivity contribution in [1.29, 1.82) is 5.26 Å². The lowest BCUT2D eigenvalue weighted by Gasteiger charge is -2.17. The summed E-state index contributed by atoms with van der Waals surface area (Å²) in [5, 5.41) is 30.7. The summed E-state index contributed by atoms with van der Waals surface area (Å²) < 4.78 is 14.6. The van der Waals surface area contributed by atoms with Crippen LogP contribution in [0.2, 0.25) is 0 Å². The van der Waals surface area contributed by atoms with Crippen LogP contribution in [0.25, 0.3) is 6.08 Å². The highest BCUT2D eigenvalue weighted by atomic mass is 16.7. The van der Waals surface area contributed by atoms with Crippen molar-refractivity contribution in [3.8, 4) is 17.6 Å². The molecule has 1 aromatic heterocycles. The van der Waals surface area contributed by atoms with Gasteiger partial charge in [-0.2, -0.15) is 5.26 Å². The Balaban J connectivity index is 2.35. The molecule has 0 aliphatic rings. The van der Waals surface area contributed by atoms with Gasteiger partial charge in [0.2, 0.25) is 5.75 Å². The summed E-state index contributed by atoms with van der Waals surface area (Å²) in [4.78, 5) is 36.1. The summed E-state index contributed by atoms with van der Waals surface area (Å²) in [6.07, 6.45) is 2.60. The second kappa shape index (κ2) is 10.4. The number of nitro benzene ring substituents is 1. The Labute approximate surface area is 176 Å². The van der Waals surface area contributed by atoms with Crippen molar-refractivity contribution in [1.82, 2.24) is 4.90 Å². The first kappa shape index (κ1) is 23.0. The maximum absolute atomic E-state index is 12.4. The number of ether oxygens (including phenoxy) is 2. The topological polar surface area (TPSA) is 156 Å². The number of amides is 1. The number of nitro groups is 1. The number of phenolic OH excluding ortho intramolecular Hbond substituents is 1. The fourth-order valence-corrected chi connectivity index (χ4v) is 2.54. The Bertz CT molecular complexity index is 1030. The average Bonchev–Trinajstić information content (AvgIpc) is 3.26. The first-order valence-corrected chi connectivity index (χ1v) is 9.08. The van der Waals surface area contributed by atoms with Crippen LogP contribution in [-0.4, -0.2) is 40.1 Å². The monoisotopic (exact) mass is 429 g/mol. The summed E-state index contributed by atoms with van der Waals surface area (Å²) in [5.74, 6) is -2.04. The van der Waals surface area contributed by atoms with Gasteiger partial charge in [-0.15, -0.1) is 0 Å². The Kier molecular flexibility index (Phi) is 7.74. The number of benzene rings is 1. The molecule has 162 valence electrons. The highest BCUT2D eigenvalue weighted by Crippen LogP contribution is 2.38. The van der Waals surface area contributed by atoms with Gasteiger partial charge in [-0.1, -0.05) is 0 Å². The van der Waals surface area contributed by atoms with E-state index in [1.165, 1.54) is 17.4 Å². The molecule has 1 amide bonds. The predicted octanol–water partition coefficient (Wildman–Crippen LogP) is 3.38. The lowest BCUT2D eigenvalue weighted by molar-refractivity contribution is -0.385. The van der Waals surface area contributed by atoms with Crippen molar-refractivity contribution in [2.75, 3.05) is 13.1 Å². The van der Waals surface area contributed by atoms with E-state index in [0.29, 0.717) is 18.7 Å². The quantitative estimate of drug-likeness (QED) is 0.166. The minimum atomic E-state index is -1.23. The summed E-state index contributed by atoms with van der Waals surface area (Å²) in [5.41, 5.74) is -0.521. The molecule has 2 aromatic rings. The highest BCUT2D eigenvalue weighted by molar-refractivity contribution is 6.01. The fraction of sp³-hybridized carbons (Fsp3) is 0.250. The zero-order valence-electron chi connectivity index (χ0n) is 16.7. The van der Waals surface area contributed by atoms with Gasteiger partial charge in [0.1, 0.15) is 18.2 Å². The van der Waals surface area contributed by atoms with E-state index in [-0.39, 0.29) is 17.7 Å². The van der Waals surface area contributed by atoms with E-state index in [1.807, 2.05) is 0 Å². The number of aromatic hydroxyl groups is 1. The van der Waals surface area contributed by atoms with Gasteiger partial charge in [-0.05, 0) is 37.6 Å². The molecule has 1 heterocycles. The lowest BCUT2D eigenvalue weighted by Crippen LogP contribution is -2.31. The molecule has 1 N–H and O–H groups in total. The van der Waals surface area contributed by atoms with Crippen LogP contribution in [0.5, 0.6) is 11.5 Å². The van der Waals surface area contributed by atoms with Crippen molar-refractivity contribution in [2.45, 2.75) is 20.5 Å². The molecule has 1 aromatic carbocycles. The van der Waals surface area contributed by atoms with Gasteiger partial charge < -0.3 is 23.9 Å². The third-order valence-electron chi connectivity index (χ3n) is 4.12. The molecule has 0 aliphatic carbocycles. The largest absolute Gasteiger partial charge is 0.514 e. The van der Waals surface area contributed by atoms with Crippen LogP contribution in [0.1, 0.15) is 25.0 Å². The van der Waals surface area contributed by atoms with Crippen LogP contribution >= 0.6 is 0 Å². The van der Waals surface area contributed by atoms with Crippen LogP contribution in [0.3, 0.4) is 0 Å². The zero-order chi connectivity index (χ0) is 23.0. The van der Waals surface area contributed by atoms with Crippen LogP contribution < -0.4 is 4.74 Å². The molecule has 0 unspecified atom stereocenters. The summed E-state index contributed by atoms with van der Waals surface area (Å²) in [6, 6.07) is 5.34. The number of hydrogen-bond acceptors (Lipinski definition) is 9. The molecule has 0 bridgehead atoms. The molecular formula is C20H19N3O8. The summed E-state index contributed by atoms with van der Waals surface area (Å²) in [7, 11) is 0. The van der Waals surface area contributed by atoms with Crippen molar-refractivity contribution >= 4 is 23.8 Å². The van der Waals surface area contributed by atoms with Gasteiger partial charge in [0.25, 0.3) is 5.91 Å². The third-order valence-corrected chi connectivity index (χ3v) is 4.12. The van der Waals surface area contributed by atoms with Crippen LogP contribution in [0.15, 0.2) is 40.7 Å². The molecular weight excluding hydrogens is 410 g/mol. The predicted molar refractivity (Wildman–Crippen MR) is 106 cm³/mol. The van der Waals surface area contributed by atoms with Crippen LogP contribution in [0.4, 0.5) is 10.5 Å². The van der Waals surface area contributed by atoms with E-state index < -0.39 is 34.2 Å². The molecule has 0 saturated carbocycles. The molecule has 0 fully saturated rings. The number of rotatable bonds is 8. The van der Waals surface area contributed by atoms with E-state index in [9.17, 15) is 30.1 Å². The Hall–Kier alpha value is -4.33. The molecule has 11 nitrogen and oxygen atoms in total. The second-order valence-electron chi connectivity index (χ2n) is 6.06. The van der Waals surface area contributed by atoms with Gasteiger partial charge in [0.15, 0.2) is 5.75 Å². The zero-order valence-corrected chi connectivity index (χ0v) is 16.7. The number of phenols is 1. The minimum absolute atomic E-state index is 0.000749. The van der Waals surface area contributed by atoms with E-state index in [0.717, 1.165) is 18.2 Å². The smallest absolute Gasteiger partial charge is 0.499 e. The van der Waals surface area contributed by atoms with E-state index in [4.69, 9.17) is 13.9 Å². The summed E-state index contributed by atoms with van der Waals surface area (Å²) >= 11 is 0. The SMILES string of the molecule is CCN(CC)C(=O)/C(C#N)=C/c1cc(OC(=O)OCc2ccoc2)c(O)c([N+](=O)[O-])c1. The lowest BCUT2D eigenvalue weighted by atomic mass is 10.1. The van der Waals surface area contributed by atoms with Crippen LogP contribution in [-0.2, 0) is 16.1 Å². The number of likely N-dealkylation sites (N-methyl/N-ethyl adjacent to an activating group) is 1. The van der Waals surface area contributed by atoms with E-state index >= 15 is 0 Å². The van der Waals surface area contributed by atoms with Gasteiger partial charge in [-0.25, -0.2) is 4.79 Å². The number of hydrogen-bond donors (Lipinski definition) is 1. The fourth-order valence-electron chi connectivity index (χ4n) is 2.54. The molecule has 31 heavy (non-hydrogen) atoms. The van der Waals surface area contributed by atoms with Crippen molar-refractivity contribution < 1.29 is 33.5 Å². The number of carbonyl (C=O) groups is 2. The average molecular weight is 429 g/mol. The number of nitrogens with zero attached hydrogens (tertiary/aromatic N) is 3. The Morgan fingerprint density at radius 2 is 2.06 bits per heavy atom. The van der Waals surface area contributed by atoms with E-state index in [2.05, 4.69) is 0 Å². The molecule has 0 aliphatic heterocycles. The standard InChI is InChI=1S/C20H19N3O8/c1-3-22(4-2)19(25)15(10-21)7-14-8-16(23(27)28)18(24)17(9-14)31-20(26)30-12-13-5-6-29-11-13/h5-9,11,24H,3-4,12H2,1-2H3/b15-7+. The molecule has 0 saturated heterocycles. The molecule has 0 spiro atoms. The highest BCUT2D eigenvalue weighted by Gasteiger charge is 2.23. The van der Waals surface area contributed by atoms with Gasteiger partial charge in [-0.3, -0.25) is 14.9 Å². The first-order valence-electron chi connectivity index (χ1n) is 9.08. The second-order valence-corrected chi connectivity index (χ2v) is 6.06. The summed E-state index contributed by atoms with van der Waals surface area (Å²) in [6.45, 7) is 4.02. The third kappa shape index (κ3) is 5.83. The van der Waals surface area contributed by atoms with E-state index in [1.54, 1.807) is 26.0 Å². The normalized spacial score (nSPS) is 10.8. The maximum Gasteiger partial charge on any atom is 0.514 e. The Morgan fingerprint density at radius 3 is 2.61 bits per heavy atom. The van der Waals surface area contributed by atoms with Crippen molar-refractivity contribution in [3.05, 3.63) is 57.5 Å². The van der Waals surface area contributed by atoms with Crippen molar-refractivity contribution in [3.63, 3.8) is 0 Å². The van der Waals surface area contributed by atoms with Crippen molar-refractivity contribution in [2.24, 2.45) is 0 Å². The number of furan rings is 1. The Morgan fingerprint density at radius 1 is 1.35 bits per heavy atom. The van der Waals surface area contributed by atoms with Gasteiger partial charge >= 0.3 is 11.8 Å². The minimum Gasteiger partial charge on any atom is -0.499 e. The molecule has 0 radical (unpaired) electrons. The number of carbonyl (C=O) groups excluding carboxylic acids is 2. The maximum atomic E-state index is 12.4.